The highest BCUT2D eigenvalue weighted by Crippen LogP contribution is 2.32. The maximum atomic E-state index is 5.62. The van der Waals surface area contributed by atoms with E-state index in [1.807, 2.05) is 6.07 Å². The Hall–Kier alpha value is -1.75. The largest absolute Gasteiger partial charge is 0.496 e. The summed E-state index contributed by atoms with van der Waals surface area (Å²) in [6, 6.07) is 9.21. The van der Waals surface area contributed by atoms with Crippen molar-refractivity contribution in [2.24, 2.45) is 10.9 Å². The van der Waals surface area contributed by atoms with Crippen molar-refractivity contribution >= 4 is 5.96 Å². The number of hydrogen-bond acceptors (Lipinski definition) is 3. The van der Waals surface area contributed by atoms with E-state index in [9.17, 15) is 0 Å². The Morgan fingerprint density at radius 3 is 2.68 bits per heavy atom. The Morgan fingerprint density at radius 2 is 2.04 bits per heavy atom. The van der Waals surface area contributed by atoms with Crippen LogP contribution in [0.4, 0.5) is 0 Å². The Bertz CT molecular complexity index is 583. The molecular formula is C20H32N4O. The van der Waals surface area contributed by atoms with E-state index in [1.54, 1.807) is 7.11 Å². The van der Waals surface area contributed by atoms with E-state index in [0.29, 0.717) is 6.04 Å². The lowest BCUT2D eigenvalue weighted by Gasteiger charge is -2.28. The van der Waals surface area contributed by atoms with Gasteiger partial charge in [0.15, 0.2) is 5.96 Å². The Morgan fingerprint density at radius 1 is 1.32 bits per heavy atom. The number of aliphatic imine (C=N–C) groups is 1. The zero-order valence-electron chi connectivity index (χ0n) is 15.8. The van der Waals surface area contributed by atoms with Crippen molar-refractivity contribution in [3.05, 3.63) is 29.8 Å². The fourth-order valence-corrected chi connectivity index (χ4v) is 3.60. The molecule has 3 unspecified atom stereocenters. The number of likely N-dealkylation sites (tertiary alicyclic amines) is 1. The smallest absolute Gasteiger partial charge is 0.191 e. The van der Waals surface area contributed by atoms with Crippen molar-refractivity contribution in [1.29, 1.82) is 0 Å². The summed E-state index contributed by atoms with van der Waals surface area (Å²) in [5, 5.41) is 6.95. The average molecular weight is 345 g/mol. The second kappa shape index (κ2) is 8.56. The molecule has 3 rings (SSSR count). The van der Waals surface area contributed by atoms with E-state index in [2.05, 4.69) is 47.6 Å². The van der Waals surface area contributed by atoms with Crippen molar-refractivity contribution in [3.8, 4) is 5.75 Å². The van der Waals surface area contributed by atoms with E-state index in [4.69, 9.17) is 9.73 Å². The van der Waals surface area contributed by atoms with Crippen LogP contribution in [0.3, 0.4) is 0 Å². The minimum Gasteiger partial charge on any atom is -0.496 e. The highest BCUT2D eigenvalue weighted by atomic mass is 16.5. The van der Waals surface area contributed by atoms with Crippen LogP contribution < -0.4 is 15.4 Å². The van der Waals surface area contributed by atoms with Crippen molar-refractivity contribution in [2.45, 2.75) is 45.2 Å². The second-order valence-electron chi connectivity index (χ2n) is 7.18. The number of para-hydroxylation sites is 1. The SMILES string of the molecule is CCNC(=NCC(c1ccccc1OC)N1CCCC1)NC1CC1C. The highest BCUT2D eigenvalue weighted by Gasteiger charge is 2.33. The summed E-state index contributed by atoms with van der Waals surface area (Å²) in [7, 11) is 1.75. The third kappa shape index (κ3) is 4.66. The van der Waals surface area contributed by atoms with Crippen LogP contribution in [-0.4, -0.2) is 50.2 Å². The molecule has 0 spiro atoms. The number of ether oxygens (including phenoxy) is 1. The third-order valence-corrected chi connectivity index (χ3v) is 5.28. The van der Waals surface area contributed by atoms with E-state index >= 15 is 0 Å². The fourth-order valence-electron chi connectivity index (χ4n) is 3.60. The molecule has 1 aliphatic heterocycles. The minimum absolute atomic E-state index is 0.269. The number of methoxy groups -OCH3 is 1. The first-order valence-electron chi connectivity index (χ1n) is 9.64. The predicted octanol–water partition coefficient (Wildman–Crippen LogP) is 2.80. The molecule has 0 aromatic heterocycles. The maximum Gasteiger partial charge on any atom is 0.191 e. The molecule has 3 atom stereocenters. The molecule has 1 saturated carbocycles. The van der Waals surface area contributed by atoms with E-state index in [1.165, 1.54) is 24.8 Å². The molecular weight excluding hydrogens is 312 g/mol. The topological polar surface area (TPSA) is 48.9 Å². The van der Waals surface area contributed by atoms with Gasteiger partial charge in [0.05, 0.1) is 19.7 Å². The standard InChI is InChI=1S/C20H32N4O/c1-4-21-20(23-17-13-15(17)2)22-14-18(24-11-7-8-12-24)16-9-5-6-10-19(16)25-3/h5-6,9-10,15,17-18H,4,7-8,11-14H2,1-3H3,(H2,21,22,23). The molecule has 0 amide bonds. The molecule has 2 N–H and O–H groups in total. The lowest BCUT2D eigenvalue weighted by Crippen LogP contribution is -2.40. The van der Waals surface area contributed by atoms with Crippen LogP contribution in [0.15, 0.2) is 29.3 Å². The van der Waals surface area contributed by atoms with Crippen LogP contribution in [0, 0.1) is 5.92 Å². The van der Waals surface area contributed by atoms with Gasteiger partial charge in [0, 0.05) is 18.2 Å². The van der Waals surface area contributed by atoms with E-state index in [0.717, 1.165) is 43.8 Å². The summed E-state index contributed by atoms with van der Waals surface area (Å²) >= 11 is 0. The molecule has 25 heavy (non-hydrogen) atoms. The van der Waals surface area contributed by atoms with Crippen molar-refractivity contribution in [3.63, 3.8) is 0 Å². The summed E-state index contributed by atoms with van der Waals surface area (Å²) in [6.45, 7) is 8.31. The van der Waals surface area contributed by atoms with Crippen LogP contribution in [0.2, 0.25) is 0 Å². The molecule has 2 aliphatic rings. The maximum absolute atomic E-state index is 5.62. The zero-order chi connectivity index (χ0) is 17.6. The van der Waals surface area contributed by atoms with Crippen LogP contribution in [0.1, 0.15) is 44.7 Å². The summed E-state index contributed by atoms with van der Waals surface area (Å²) in [5.74, 6) is 2.66. The molecule has 2 fully saturated rings. The van der Waals surface area contributed by atoms with E-state index < -0.39 is 0 Å². The van der Waals surface area contributed by atoms with Gasteiger partial charge in [0.1, 0.15) is 5.75 Å². The number of nitrogens with one attached hydrogen (secondary N) is 2. The fraction of sp³-hybridized carbons (Fsp3) is 0.650. The van der Waals surface area contributed by atoms with Gasteiger partial charge < -0.3 is 15.4 Å². The van der Waals surface area contributed by atoms with Gasteiger partial charge in [0.25, 0.3) is 0 Å². The molecule has 1 heterocycles. The lowest BCUT2D eigenvalue weighted by molar-refractivity contribution is 0.245. The van der Waals surface area contributed by atoms with Crippen LogP contribution in [-0.2, 0) is 0 Å². The summed E-state index contributed by atoms with van der Waals surface area (Å²) in [4.78, 5) is 7.47. The van der Waals surface area contributed by atoms with Crippen LogP contribution in [0.25, 0.3) is 0 Å². The summed E-state index contributed by atoms with van der Waals surface area (Å²) in [6.07, 6.45) is 3.78. The first-order valence-corrected chi connectivity index (χ1v) is 9.64. The quantitative estimate of drug-likeness (QED) is 0.590. The molecule has 5 heteroatoms. The predicted molar refractivity (Wildman–Crippen MR) is 103 cm³/mol. The highest BCUT2D eigenvalue weighted by molar-refractivity contribution is 5.80. The van der Waals surface area contributed by atoms with Gasteiger partial charge >= 0.3 is 0 Å². The number of benzene rings is 1. The van der Waals surface area contributed by atoms with Gasteiger partial charge in [-0.2, -0.15) is 0 Å². The Balaban J connectivity index is 1.77. The van der Waals surface area contributed by atoms with Crippen molar-refractivity contribution < 1.29 is 4.74 Å². The zero-order valence-corrected chi connectivity index (χ0v) is 15.8. The molecule has 1 aliphatic carbocycles. The molecule has 0 bridgehead atoms. The van der Waals surface area contributed by atoms with Gasteiger partial charge in [-0.25, -0.2) is 0 Å². The van der Waals surface area contributed by atoms with Gasteiger partial charge in [-0.1, -0.05) is 25.1 Å². The van der Waals surface area contributed by atoms with Gasteiger partial charge in [0.2, 0.25) is 0 Å². The third-order valence-electron chi connectivity index (χ3n) is 5.28. The normalized spacial score (nSPS) is 24.8. The van der Waals surface area contributed by atoms with Gasteiger partial charge in [-0.15, -0.1) is 0 Å². The van der Waals surface area contributed by atoms with Crippen LogP contribution in [0.5, 0.6) is 5.75 Å². The summed E-state index contributed by atoms with van der Waals surface area (Å²) < 4.78 is 5.62. The molecule has 1 aromatic carbocycles. The molecule has 0 radical (unpaired) electrons. The Labute approximate surface area is 151 Å². The number of guanidine groups is 1. The first kappa shape index (κ1) is 18.1. The van der Waals surface area contributed by atoms with Crippen molar-refractivity contribution in [1.82, 2.24) is 15.5 Å². The molecule has 138 valence electrons. The van der Waals surface area contributed by atoms with Gasteiger partial charge in [-0.3, -0.25) is 9.89 Å². The lowest BCUT2D eigenvalue weighted by atomic mass is 10.0. The van der Waals surface area contributed by atoms with Crippen molar-refractivity contribution in [2.75, 3.05) is 33.3 Å². The molecule has 5 nitrogen and oxygen atoms in total. The number of hydrogen-bond donors (Lipinski definition) is 2. The monoisotopic (exact) mass is 344 g/mol. The Kier molecular flexibility index (Phi) is 6.19. The molecule has 1 saturated heterocycles. The molecule has 1 aromatic rings. The minimum atomic E-state index is 0.269. The van der Waals surface area contributed by atoms with Gasteiger partial charge in [-0.05, 0) is 51.3 Å². The van der Waals surface area contributed by atoms with E-state index in [-0.39, 0.29) is 6.04 Å². The summed E-state index contributed by atoms with van der Waals surface area (Å²) in [5.41, 5.74) is 1.24. The van der Waals surface area contributed by atoms with Crippen LogP contribution >= 0.6 is 0 Å². The average Bonchev–Trinajstić information content (AvgIpc) is 3.09. The number of nitrogens with zero attached hydrogens (tertiary/aromatic N) is 2. The number of rotatable bonds is 7. The first-order chi connectivity index (χ1) is 12.2. The second-order valence-corrected chi connectivity index (χ2v) is 7.18.